The average Bonchev–Trinajstić information content (AvgIpc) is 3.15. The van der Waals surface area contributed by atoms with Gasteiger partial charge in [0.1, 0.15) is 0 Å². The number of fused-ring (bicyclic) bond motifs is 1. The zero-order valence-electron chi connectivity index (χ0n) is 12.1. The number of ether oxygens (including phenoxy) is 1. The van der Waals surface area contributed by atoms with Gasteiger partial charge in [0, 0.05) is 12.1 Å². The van der Waals surface area contributed by atoms with Gasteiger partial charge in [-0.05, 0) is 37.0 Å². The van der Waals surface area contributed by atoms with E-state index >= 15 is 0 Å². The van der Waals surface area contributed by atoms with E-state index in [9.17, 15) is 5.11 Å². The maximum Gasteiger partial charge on any atom is 0.214 e. The number of nitrogens with zero attached hydrogens (tertiary/aromatic N) is 3. The van der Waals surface area contributed by atoms with Crippen LogP contribution in [0, 0.1) is 5.92 Å². The SMILES string of the molecule is COc1cc(-c2cn3nc(NCC4CC4)sc3n2)ccc1O. The van der Waals surface area contributed by atoms with Crippen molar-refractivity contribution >= 4 is 21.4 Å². The molecule has 1 saturated carbocycles. The van der Waals surface area contributed by atoms with Crippen LogP contribution in [-0.4, -0.2) is 33.4 Å². The highest BCUT2D eigenvalue weighted by atomic mass is 32.1. The number of imidazole rings is 1. The molecule has 114 valence electrons. The second kappa shape index (κ2) is 5.17. The summed E-state index contributed by atoms with van der Waals surface area (Å²) in [7, 11) is 1.53. The second-order valence-corrected chi connectivity index (χ2v) is 6.43. The molecule has 0 radical (unpaired) electrons. The Kier molecular flexibility index (Phi) is 3.15. The van der Waals surface area contributed by atoms with E-state index in [1.165, 1.54) is 20.0 Å². The third-order valence-electron chi connectivity index (χ3n) is 3.76. The lowest BCUT2D eigenvalue weighted by Gasteiger charge is -2.04. The first kappa shape index (κ1) is 13.4. The zero-order chi connectivity index (χ0) is 15.1. The summed E-state index contributed by atoms with van der Waals surface area (Å²) < 4.78 is 6.92. The molecule has 2 N–H and O–H groups in total. The van der Waals surface area contributed by atoms with Crippen LogP contribution < -0.4 is 10.1 Å². The molecule has 0 amide bonds. The van der Waals surface area contributed by atoms with Gasteiger partial charge in [0.25, 0.3) is 0 Å². The van der Waals surface area contributed by atoms with E-state index in [1.54, 1.807) is 28.0 Å². The van der Waals surface area contributed by atoms with Crippen molar-refractivity contribution in [1.82, 2.24) is 14.6 Å². The van der Waals surface area contributed by atoms with Crippen LogP contribution in [0.15, 0.2) is 24.4 Å². The zero-order valence-corrected chi connectivity index (χ0v) is 12.9. The highest BCUT2D eigenvalue weighted by molar-refractivity contribution is 7.20. The molecule has 6 nitrogen and oxygen atoms in total. The molecular formula is C15H16N4O2S. The van der Waals surface area contributed by atoms with E-state index in [-0.39, 0.29) is 5.75 Å². The fourth-order valence-corrected chi connectivity index (χ4v) is 3.09. The largest absolute Gasteiger partial charge is 0.504 e. The van der Waals surface area contributed by atoms with Crippen LogP contribution in [-0.2, 0) is 0 Å². The van der Waals surface area contributed by atoms with Gasteiger partial charge in [-0.1, -0.05) is 11.3 Å². The van der Waals surface area contributed by atoms with Crippen LogP contribution in [0.3, 0.4) is 0 Å². The van der Waals surface area contributed by atoms with E-state index in [1.807, 2.05) is 12.3 Å². The predicted molar refractivity (Wildman–Crippen MR) is 85.7 cm³/mol. The van der Waals surface area contributed by atoms with Crippen molar-refractivity contribution in [1.29, 1.82) is 0 Å². The Balaban J connectivity index is 1.60. The van der Waals surface area contributed by atoms with Crippen LogP contribution in [0.2, 0.25) is 0 Å². The second-order valence-electron chi connectivity index (χ2n) is 5.47. The number of hydrogen-bond donors (Lipinski definition) is 2. The lowest BCUT2D eigenvalue weighted by molar-refractivity contribution is 0.373. The number of benzene rings is 1. The van der Waals surface area contributed by atoms with Crippen molar-refractivity contribution in [2.24, 2.45) is 5.92 Å². The van der Waals surface area contributed by atoms with E-state index in [2.05, 4.69) is 15.4 Å². The summed E-state index contributed by atoms with van der Waals surface area (Å²) in [5, 5.41) is 18.4. The number of phenols is 1. The molecule has 2 aromatic heterocycles. The molecule has 1 aromatic carbocycles. The molecule has 22 heavy (non-hydrogen) atoms. The van der Waals surface area contributed by atoms with Gasteiger partial charge in [0.2, 0.25) is 10.1 Å². The standard InChI is InChI=1S/C15H16N4O2S/c1-21-13-6-10(4-5-12(13)20)11-8-19-15(17-11)22-14(18-19)16-7-9-2-3-9/h4-6,8-9,20H,2-3,7H2,1H3,(H,16,18). The van der Waals surface area contributed by atoms with Crippen LogP contribution in [0.25, 0.3) is 16.2 Å². The summed E-state index contributed by atoms with van der Waals surface area (Å²) in [5.41, 5.74) is 1.70. The van der Waals surface area contributed by atoms with Crippen molar-refractivity contribution in [3.63, 3.8) is 0 Å². The van der Waals surface area contributed by atoms with Gasteiger partial charge >= 0.3 is 0 Å². The molecule has 0 unspecified atom stereocenters. The third kappa shape index (κ3) is 2.48. The average molecular weight is 316 g/mol. The van der Waals surface area contributed by atoms with E-state index in [4.69, 9.17) is 4.74 Å². The number of methoxy groups -OCH3 is 1. The lowest BCUT2D eigenvalue weighted by Crippen LogP contribution is -2.02. The minimum Gasteiger partial charge on any atom is -0.504 e. The Morgan fingerprint density at radius 3 is 3.05 bits per heavy atom. The molecule has 0 bridgehead atoms. The molecule has 4 rings (SSSR count). The van der Waals surface area contributed by atoms with Gasteiger partial charge in [-0.15, -0.1) is 5.10 Å². The molecule has 1 fully saturated rings. The number of rotatable bonds is 5. The quantitative estimate of drug-likeness (QED) is 0.757. The Morgan fingerprint density at radius 2 is 2.32 bits per heavy atom. The first-order valence-electron chi connectivity index (χ1n) is 7.20. The molecule has 0 atom stereocenters. The summed E-state index contributed by atoms with van der Waals surface area (Å²) in [6, 6.07) is 5.20. The summed E-state index contributed by atoms with van der Waals surface area (Å²) >= 11 is 1.54. The molecular weight excluding hydrogens is 300 g/mol. The fourth-order valence-electron chi connectivity index (χ4n) is 2.30. The molecule has 0 aliphatic heterocycles. The summed E-state index contributed by atoms with van der Waals surface area (Å²) in [6.07, 6.45) is 4.53. The molecule has 0 saturated heterocycles. The van der Waals surface area contributed by atoms with Crippen molar-refractivity contribution < 1.29 is 9.84 Å². The summed E-state index contributed by atoms with van der Waals surface area (Å²) in [6.45, 7) is 0.999. The topological polar surface area (TPSA) is 71.7 Å². The first-order valence-corrected chi connectivity index (χ1v) is 8.02. The van der Waals surface area contributed by atoms with Crippen molar-refractivity contribution in [2.75, 3.05) is 19.0 Å². The number of hydrogen-bond acceptors (Lipinski definition) is 6. The number of nitrogens with one attached hydrogen (secondary N) is 1. The van der Waals surface area contributed by atoms with Crippen molar-refractivity contribution in [3.8, 4) is 22.8 Å². The van der Waals surface area contributed by atoms with Gasteiger partial charge in [-0.3, -0.25) is 0 Å². The summed E-state index contributed by atoms with van der Waals surface area (Å²) in [5.74, 6) is 1.38. The lowest BCUT2D eigenvalue weighted by atomic mass is 10.1. The van der Waals surface area contributed by atoms with Gasteiger partial charge in [-0.2, -0.15) is 0 Å². The van der Waals surface area contributed by atoms with Gasteiger partial charge in [-0.25, -0.2) is 9.50 Å². The first-order chi connectivity index (χ1) is 10.7. The van der Waals surface area contributed by atoms with Gasteiger partial charge < -0.3 is 15.2 Å². The van der Waals surface area contributed by atoms with E-state index in [0.717, 1.165) is 33.8 Å². The van der Waals surface area contributed by atoms with E-state index in [0.29, 0.717) is 5.75 Å². The molecule has 2 heterocycles. The Morgan fingerprint density at radius 1 is 1.45 bits per heavy atom. The van der Waals surface area contributed by atoms with Crippen LogP contribution >= 0.6 is 11.3 Å². The van der Waals surface area contributed by atoms with Gasteiger partial charge in [0.15, 0.2) is 11.5 Å². The van der Waals surface area contributed by atoms with Gasteiger partial charge in [0.05, 0.1) is 19.0 Å². The Labute approximate surface area is 131 Å². The molecule has 0 spiro atoms. The number of phenolic OH excluding ortho intramolecular Hbond substituents is 1. The van der Waals surface area contributed by atoms with E-state index < -0.39 is 0 Å². The van der Waals surface area contributed by atoms with Crippen LogP contribution in [0.5, 0.6) is 11.5 Å². The molecule has 1 aliphatic rings. The Bertz CT molecular complexity index is 791. The highest BCUT2D eigenvalue weighted by Crippen LogP contribution is 2.33. The van der Waals surface area contributed by atoms with Crippen LogP contribution in [0.4, 0.5) is 5.13 Å². The summed E-state index contributed by atoms with van der Waals surface area (Å²) in [4.78, 5) is 5.44. The maximum absolute atomic E-state index is 9.66. The predicted octanol–water partition coefficient (Wildman–Crippen LogP) is 2.99. The minimum atomic E-state index is 0.122. The number of aromatic nitrogens is 3. The normalized spacial score (nSPS) is 14.4. The number of aromatic hydroxyl groups is 1. The monoisotopic (exact) mass is 316 g/mol. The smallest absolute Gasteiger partial charge is 0.214 e. The van der Waals surface area contributed by atoms with Crippen molar-refractivity contribution in [2.45, 2.75) is 12.8 Å². The highest BCUT2D eigenvalue weighted by Gasteiger charge is 2.21. The van der Waals surface area contributed by atoms with Crippen molar-refractivity contribution in [3.05, 3.63) is 24.4 Å². The maximum atomic E-state index is 9.66. The molecule has 1 aliphatic carbocycles. The third-order valence-corrected chi connectivity index (χ3v) is 4.64. The molecule has 3 aromatic rings. The Hall–Kier alpha value is -2.28. The fraction of sp³-hybridized carbons (Fsp3) is 0.333. The minimum absolute atomic E-state index is 0.122. The number of anilines is 1. The van der Waals surface area contributed by atoms with Crippen LogP contribution in [0.1, 0.15) is 12.8 Å². The molecule has 7 heteroatoms.